The molecule has 0 unspecified atom stereocenters. The van der Waals surface area contributed by atoms with Gasteiger partial charge in [0, 0.05) is 5.57 Å². The molecule has 2 aliphatic rings. The van der Waals surface area contributed by atoms with Crippen LogP contribution < -0.4 is 0 Å². The molecule has 0 amide bonds. The second-order valence-corrected chi connectivity index (χ2v) is 3.22. The third-order valence-electron chi connectivity index (χ3n) is 2.46. The van der Waals surface area contributed by atoms with Crippen molar-refractivity contribution < 1.29 is 9.53 Å². The van der Waals surface area contributed by atoms with E-state index in [9.17, 15) is 4.79 Å². The molecule has 1 aliphatic heterocycles. The van der Waals surface area contributed by atoms with Gasteiger partial charge in [0.15, 0.2) is 0 Å². The highest BCUT2D eigenvalue weighted by molar-refractivity contribution is 5.91. The summed E-state index contributed by atoms with van der Waals surface area (Å²) in [6, 6.07) is 0. The SMILES string of the molecule is O=C1OCC2=C1CCCCC2. The standard InChI is InChI=1S/C9H12O2/c10-9-8-5-3-1-2-4-7(8)6-11-9/h1-6H2. The van der Waals surface area contributed by atoms with Gasteiger partial charge in [0.2, 0.25) is 0 Å². The largest absolute Gasteiger partial charge is 0.458 e. The minimum atomic E-state index is -0.0538. The van der Waals surface area contributed by atoms with Crippen molar-refractivity contribution >= 4 is 5.97 Å². The average Bonchev–Trinajstić information content (AvgIpc) is 2.25. The van der Waals surface area contributed by atoms with Crippen LogP contribution in [0.4, 0.5) is 0 Å². The first-order chi connectivity index (χ1) is 5.38. The highest BCUT2D eigenvalue weighted by atomic mass is 16.5. The van der Waals surface area contributed by atoms with E-state index < -0.39 is 0 Å². The molecule has 0 aromatic carbocycles. The van der Waals surface area contributed by atoms with Crippen molar-refractivity contribution in [1.29, 1.82) is 0 Å². The zero-order valence-electron chi connectivity index (χ0n) is 6.56. The predicted octanol–water partition coefficient (Wildman–Crippen LogP) is 1.80. The summed E-state index contributed by atoms with van der Waals surface area (Å²) < 4.78 is 4.94. The molecule has 1 heterocycles. The highest BCUT2D eigenvalue weighted by Crippen LogP contribution is 2.28. The van der Waals surface area contributed by atoms with E-state index in [0.29, 0.717) is 6.61 Å². The molecule has 0 aromatic heterocycles. The van der Waals surface area contributed by atoms with Crippen molar-refractivity contribution in [3.63, 3.8) is 0 Å². The van der Waals surface area contributed by atoms with Crippen molar-refractivity contribution in [1.82, 2.24) is 0 Å². The summed E-state index contributed by atoms with van der Waals surface area (Å²) in [7, 11) is 0. The van der Waals surface area contributed by atoms with E-state index in [-0.39, 0.29) is 5.97 Å². The van der Waals surface area contributed by atoms with Gasteiger partial charge in [-0.3, -0.25) is 0 Å². The van der Waals surface area contributed by atoms with Gasteiger partial charge < -0.3 is 4.74 Å². The molecule has 1 aliphatic carbocycles. The molecular weight excluding hydrogens is 140 g/mol. The van der Waals surface area contributed by atoms with Crippen LogP contribution in [0.2, 0.25) is 0 Å². The normalized spacial score (nSPS) is 24.5. The minimum absolute atomic E-state index is 0.0538. The molecule has 0 radical (unpaired) electrons. The first kappa shape index (κ1) is 6.89. The second kappa shape index (κ2) is 2.68. The Kier molecular flexibility index (Phi) is 1.68. The zero-order valence-corrected chi connectivity index (χ0v) is 6.56. The Balaban J connectivity index is 2.22. The third kappa shape index (κ3) is 1.17. The van der Waals surface area contributed by atoms with E-state index >= 15 is 0 Å². The maximum absolute atomic E-state index is 11.1. The Morgan fingerprint density at radius 1 is 1.09 bits per heavy atom. The molecule has 0 aromatic rings. The molecule has 0 atom stereocenters. The van der Waals surface area contributed by atoms with Crippen molar-refractivity contribution in [2.75, 3.05) is 6.61 Å². The number of carbonyl (C=O) groups is 1. The predicted molar refractivity (Wildman–Crippen MR) is 41.1 cm³/mol. The lowest BCUT2D eigenvalue weighted by Crippen LogP contribution is -1.98. The Hall–Kier alpha value is -0.790. The molecule has 0 saturated carbocycles. The maximum atomic E-state index is 11.1. The van der Waals surface area contributed by atoms with Gasteiger partial charge >= 0.3 is 5.97 Å². The van der Waals surface area contributed by atoms with Crippen LogP contribution in [0.15, 0.2) is 11.1 Å². The Labute approximate surface area is 66.2 Å². The Bertz CT molecular complexity index is 216. The topological polar surface area (TPSA) is 26.3 Å². The summed E-state index contributed by atoms with van der Waals surface area (Å²) in [5, 5.41) is 0. The maximum Gasteiger partial charge on any atom is 0.334 e. The number of rotatable bonds is 0. The van der Waals surface area contributed by atoms with Crippen LogP contribution in [-0.2, 0) is 9.53 Å². The van der Waals surface area contributed by atoms with Gasteiger partial charge in [-0.15, -0.1) is 0 Å². The van der Waals surface area contributed by atoms with Crippen LogP contribution in [0.1, 0.15) is 32.1 Å². The van der Waals surface area contributed by atoms with Crippen LogP contribution in [0.25, 0.3) is 0 Å². The molecule has 2 heteroatoms. The molecule has 0 fully saturated rings. The fourth-order valence-electron chi connectivity index (χ4n) is 1.79. The minimum Gasteiger partial charge on any atom is -0.458 e. The van der Waals surface area contributed by atoms with Gasteiger partial charge in [-0.25, -0.2) is 4.79 Å². The summed E-state index contributed by atoms with van der Waals surface area (Å²) in [4.78, 5) is 11.1. The molecular formula is C9H12O2. The van der Waals surface area contributed by atoms with Gasteiger partial charge in [0.1, 0.15) is 6.61 Å². The summed E-state index contributed by atoms with van der Waals surface area (Å²) in [6.45, 7) is 0.578. The fraction of sp³-hybridized carbons (Fsp3) is 0.667. The lowest BCUT2D eigenvalue weighted by molar-refractivity contribution is -0.136. The summed E-state index contributed by atoms with van der Waals surface area (Å²) in [5.74, 6) is -0.0538. The number of esters is 1. The molecule has 2 rings (SSSR count). The van der Waals surface area contributed by atoms with Crippen molar-refractivity contribution in [2.45, 2.75) is 32.1 Å². The van der Waals surface area contributed by atoms with Gasteiger partial charge in [-0.05, 0) is 31.3 Å². The molecule has 60 valence electrons. The molecule has 2 nitrogen and oxygen atoms in total. The summed E-state index contributed by atoms with van der Waals surface area (Å²) in [6.07, 6.45) is 5.69. The first-order valence-electron chi connectivity index (χ1n) is 4.26. The Morgan fingerprint density at radius 2 is 1.91 bits per heavy atom. The van der Waals surface area contributed by atoms with Gasteiger partial charge in [0.25, 0.3) is 0 Å². The van der Waals surface area contributed by atoms with Gasteiger partial charge in [-0.1, -0.05) is 6.42 Å². The highest BCUT2D eigenvalue weighted by Gasteiger charge is 2.24. The number of hydrogen-bond acceptors (Lipinski definition) is 2. The number of carbonyl (C=O) groups excluding carboxylic acids is 1. The van der Waals surface area contributed by atoms with E-state index in [4.69, 9.17) is 4.74 Å². The summed E-state index contributed by atoms with van der Waals surface area (Å²) in [5.41, 5.74) is 2.26. The van der Waals surface area contributed by atoms with Crippen LogP contribution in [-0.4, -0.2) is 12.6 Å². The van der Waals surface area contributed by atoms with Crippen molar-refractivity contribution in [3.8, 4) is 0 Å². The smallest absolute Gasteiger partial charge is 0.334 e. The van der Waals surface area contributed by atoms with Crippen LogP contribution >= 0.6 is 0 Å². The molecule has 0 saturated heterocycles. The first-order valence-corrected chi connectivity index (χ1v) is 4.26. The summed E-state index contributed by atoms with van der Waals surface area (Å²) >= 11 is 0. The molecule has 0 bridgehead atoms. The molecule has 0 N–H and O–H groups in total. The van der Waals surface area contributed by atoms with E-state index in [1.54, 1.807) is 0 Å². The average molecular weight is 152 g/mol. The quantitative estimate of drug-likeness (QED) is 0.495. The monoisotopic (exact) mass is 152 g/mol. The number of cyclic esters (lactones) is 1. The van der Waals surface area contributed by atoms with Crippen LogP contribution in [0.3, 0.4) is 0 Å². The van der Waals surface area contributed by atoms with Gasteiger partial charge in [0.05, 0.1) is 0 Å². The lowest BCUT2D eigenvalue weighted by atomic mass is 10.1. The van der Waals surface area contributed by atoms with Gasteiger partial charge in [-0.2, -0.15) is 0 Å². The van der Waals surface area contributed by atoms with Crippen LogP contribution in [0, 0.1) is 0 Å². The van der Waals surface area contributed by atoms with Crippen molar-refractivity contribution in [2.24, 2.45) is 0 Å². The Morgan fingerprint density at radius 3 is 2.82 bits per heavy atom. The van der Waals surface area contributed by atoms with E-state index in [1.807, 2.05) is 0 Å². The zero-order chi connectivity index (χ0) is 7.68. The van der Waals surface area contributed by atoms with E-state index in [2.05, 4.69) is 0 Å². The lowest BCUT2D eigenvalue weighted by Gasteiger charge is -1.96. The second-order valence-electron chi connectivity index (χ2n) is 3.22. The fourth-order valence-corrected chi connectivity index (χ4v) is 1.79. The number of ether oxygens (including phenoxy) is 1. The van der Waals surface area contributed by atoms with E-state index in [0.717, 1.165) is 24.8 Å². The molecule has 11 heavy (non-hydrogen) atoms. The van der Waals surface area contributed by atoms with Crippen LogP contribution in [0.5, 0.6) is 0 Å². The third-order valence-corrected chi connectivity index (χ3v) is 2.46. The van der Waals surface area contributed by atoms with Crippen molar-refractivity contribution in [3.05, 3.63) is 11.1 Å². The van der Waals surface area contributed by atoms with E-state index in [1.165, 1.54) is 18.4 Å². The number of hydrogen-bond donors (Lipinski definition) is 0. The molecule has 0 spiro atoms.